The molecular weight excluding hydrogens is 252 g/mol. The maximum atomic E-state index is 6.54. The van der Waals surface area contributed by atoms with Gasteiger partial charge in [-0.3, -0.25) is 0 Å². The van der Waals surface area contributed by atoms with Gasteiger partial charge in [-0.05, 0) is 22.7 Å². The zero-order valence-corrected chi connectivity index (χ0v) is 14.2. The van der Waals surface area contributed by atoms with E-state index in [2.05, 4.69) is 53.7 Å². The second kappa shape index (κ2) is 6.34. The summed E-state index contributed by atoms with van der Waals surface area (Å²) < 4.78 is 11.7. The molecule has 0 unspecified atom stereocenters. The first kappa shape index (κ1) is 15.9. The Morgan fingerprint density at radius 2 is 1.53 bits per heavy atom. The molecule has 106 valence electrons. The Labute approximate surface area is 119 Å². The molecule has 1 aromatic rings. The Morgan fingerprint density at radius 1 is 1.00 bits per heavy atom. The minimum absolute atomic E-state index is 0.558. The monoisotopic (exact) mass is 278 g/mol. The summed E-state index contributed by atoms with van der Waals surface area (Å²) in [6.07, 6.45) is 0. The highest BCUT2D eigenvalue weighted by molar-refractivity contribution is 6.78. The lowest BCUT2D eigenvalue weighted by Crippen LogP contribution is -2.50. The lowest BCUT2D eigenvalue weighted by molar-refractivity contribution is 0.410. The maximum Gasteiger partial charge on any atom is 0.258 e. The van der Waals surface area contributed by atoms with Crippen LogP contribution in [0.2, 0.25) is 16.6 Å². The van der Waals surface area contributed by atoms with Crippen molar-refractivity contribution in [3.63, 3.8) is 0 Å². The van der Waals surface area contributed by atoms with Crippen molar-refractivity contribution in [1.29, 1.82) is 0 Å². The van der Waals surface area contributed by atoms with Gasteiger partial charge in [0, 0.05) is 12.1 Å². The van der Waals surface area contributed by atoms with Gasteiger partial charge in [0.2, 0.25) is 0 Å². The molecule has 0 spiro atoms. The number of hydrogen-bond acceptors (Lipinski definition) is 2. The van der Waals surface area contributed by atoms with Gasteiger partial charge in [0.25, 0.3) is 8.32 Å². The minimum Gasteiger partial charge on any atom is -0.542 e. The van der Waals surface area contributed by atoms with Crippen molar-refractivity contribution in [2.45, 2.75) is 58.2 Å². The molecule has 0 N–H and O–H groups in total. The summed E-state index contributed by atoms with van der Waals surface area (Å²) in [5.74, 6) is 1.54. The molecule has 19 heavy (non-hydrogen) atoms. The molecule has 0 aromatic heterocycles. The molecule has 0 saturated carbocycles. The van der Waals surface area contributed by atoms with Crippen molar-refractivity contribution in [2.24, 2.45) is 0 Å². The fourth-order valence-electron chi connectivity index (χ4n) is 3.11. The molecule has 0 heterocycles. The van der Waals surface area contributed by atoms with Gasteiger partial charge in [-0.25, -0.2) is 0 Å². The van der Waals surface area contributed by atoms with Crippen LogP contribution in [-0.4, -0.2) is 15.4 Å². The standard InChI is InChI=1S/C16H26O2Si/c1-12(2)19(13(3)4,14(5)6)18-16-10-8-9-15(11-16)17-7/h10-14H,1-7H3. The van der Waals surface area contributed by atoms with Crippen molar-refractivity contribution < 1.29 is 9.16 Å². The first-order chi connectivity index (χ1) is 8.84. The van der Waals surface area contributed by atoms with Crippen molar-refractivity contribution in [3.8, 4) is 11.5 Å². The minimum atomic E-state index is -1.89. The van der Waals surface area contributed by atoms with E-state index in [9.17, 15) is 0 Å². The zero-order chi connectivity index (χ0) is 14.6. The second-order valence-corrected chi connectivity index (χ2v) is 11.3. The number of hydrogen-bond donors (Lipinski definition) is 0. The summed E-state index contributed by atoms with van der Waals surface area (Å²) in [5.41, 5.74) is 1.67. The van der Waals surface area contributed by atoms with Gasteiger partial charge in [-0.15, -0.1) is 0 Å². The fourth-order valence-corrected chi connectivity index (χ4v) is 8.35. The summed E-state index contributed by atoms with van der Waals surface area (Å²) in [6.45, 7) is 13.7. The highest BCUT2D eigenvalue weighted by atomic mass is 28.4. The van der Waals surface area contributed by atoms with Crippen LogP contribution in [0.4, 0.5) is 0 Å². The highest BCUT2D eigenvalue weighted by Crippen LogP contribution is 2.42. The van der Waals surface area contributed by atoms with Crippen molar-refractivity contribution in [2.75, 3.05) is 7.11 Å². The predicted octanol–water partition coefficient (Wildman–Crippen LogP) is 4.85. The van der Waals surface area contributed by atoms with Gasteiger partial charge in [0.1, 0.15) is 5.75 Å². The van der Waals surface area contributed by atoms with E-state index in [1.807, 2.05) is 12.1 Å². The van der Waals surface area contributed by atoms with Crippen LogP contribution in [0.1, 0.15) is 41.5 Å². The maximum absolute atomic E-state index is 6.54. The molecule has 0 radical (unpaired) electrons. The smallest absolute Gasteiger partial charge is 0.258 e. The Bertz CT molecular complexity index is 378. The van der Waals surface area contributed by atoms with Gasteiger partial charge >= 0.3 is 0 Å². The van der Waals surface area contributed by atoms with E-state index in [-0.39, 0.29) is 0 Å². The molecule has 0 saturated heterocycles. The third kappa shape index (κ3) is 3.25. The third-order valence-corrected chi connectivity index (χ3v) is 9.91. The third-order valence-electron chi connectivity index (χ3n) is 3.90. The van der Waals surface area contributed by atoms with Crippen LogP contribution in [0.5, 0.6) is 11.5 Å². The van der Waals surface area contributed by atoms with E-state index in [1.54, 1.807) is 7.11 Å². The summed E-state index contributed by atoms with van der Waals surface area (Å²) in [5, 5.41) is 0. The van der Waals surface area contributed by atoms with Crippen molar-refractivity contribution >= 4 is 8.32 Å². The largest absolute Gasteiger partial charge is 0.542 e. The summed E-state index contributed by atoms with van der Waals surface area (Å²) in [6, 6.07) is 9.65. The molecule has 1 rings (SSSR count). The SMILES string of the molecule is COc1c#ccc(O[Si](C(C)C)(C(C)C)C(C)C)c1. The van der Waals surface area contributed by atoms with E-state index >= 15 is 0 Å². The molecule has 0 fully saturated rings. The molecule has 0 aliphatic heterocycles. The molecular formula is C16H26O2Si. The fraction of sp³-hybridized carbons (Fsp3) is 0.625. The average molecular weight is 278 g/mol. The lowest BCUT2D eigenvalue weighted by atomic mass is 10.4. The average Bonchev–Trinajstić information content (AvgIpc) is 2.34. The summed E-state index contributed by atoms with van der Waals surface area (Å²) in [4.78, 5) is 0. The Hall–Kier alpha value is -1.14. The van der Waals surface area contributed by atoms with Gasteiger partial charge in [0.15, 0.2) is 5.75 Å². The molecule has 0 aliphatic rings. The first-order valence-electron chi connectivity index (χ1n) is 7.01. The van der Waals surface area contributed by atoms with E-state index in [0.29, 0.717) is 22.4 Å². The second-order valence-electron chi connectivity index (χ2n) is 5.95. The zero-order valence-electron chi connectivity index (χ0n) is 13.2. The number of methoxy groups -OCH3 is 1. The Balaban J connectivity index is 3.13. The lowest BCUT2D eigenvalue weighted by Gasteiger charge is -2.42. The van der Waals surface area contributed by atoms with Crippen molar-refractivity contribution in [3.05, 3.63) is 24.3 Å². The van der Waals surface area contributed by atoms with E-state index in [1.165, 1.54) is 0 Å². The van der Waals surface area contributed by atoms with E-state index in [0.717, 1.165) is 5.75 Å². The van der Waals surface area contributed by atoms with Crippen LogP contribution in [0.15, 0.2) is 12.1 Å². The van der Waals surface area contributed by atoms with Crippen LogP contribution < -0.4 is 9.16 Å². The van der Waals surface area contributed by atoms with E-state index < -0.39 is 8.32 Å². The number of rotatable bonds is 6. The topological polar surface area (TPSA) is 18.5 Å². The Kier molecular flexibility index (Phi) is 5.31. The first-order valence-corrected chi connectivity index (χ1v) is 9.15. The van der Waals surface area contributed by atoms with Crippen molar-refractivity contribution in [1.82, 2.24) is 0 Å². The van der Waals surface area contributed by atoms with Crippen LogP contribution in [0, 0.1) is 12.1 Å². The highest BCUT2D eigenvalue weighted by Gasteiger charge is 2.46. The molecule has 0 aliphatic carbocycles. The van der Waals surface area contributed by atoms with Gasteiger partial charge in [-0.2, -0.15) is 0 Å². The van der Waals surface area contributed by atoms with Crippen LogP contribution in [-0.2, 0) is 0 Å². The molecule has 1 aromatic carbocycles. The summed E-state index contributed by atoms with van der Waals surface area (Å²) >= 11 is 0. The normalized spacial score (nSPS) is 11.9. The molecule has 3 heteroatoms. The predicted molar refractivity (Wildman–Crippen MR) is 82.3 cm³/mol. The quantitative estimate of drug-likeness (QED) is 0.693. The number of ether oxygens (including phenoxy) is 1. The molecule has 2 nitrogen and oxygen atoms in total. The van der Waals surface area contributed by atoms with Gasteiger partial charge in [-0.1, -0.05) is 47.6 Å². The van der Waals surface area contributed by atoms with Crippen LogP contribution in [0.25, 0.3) is 0 Å². The van der Waals surface area contributed by atoms with Crippen LogP contribution in [0.3, 0.4) is 0 Å². The molecule has 0 amide bonds. The molecule has 0 bridgehead atoms. The summed E-state index contributed by atoms with van der Waals surface area (Å²) in [7, 11) is -0.253. The van der Waals surface area contributed by atoms with Crippen LogP contribution >= 0.6 is 0 Å². The van der Waals surface area contributed by atoms with Gasteiger partial charge in [0.05, 0.1) is 7.11 Å². The Morgan fingerprint density at radius 3 is 1.95 bits per heavy atom. The van der Waals surface area contributed by atoms with Gasteiger partial charge < -0.3 is 9.16 Å². The molecule has 0 atom stereocenters. The van der Waals surface area contributed by atoms with E-state index in [4.69, 9.17) is 9.16 Å².